The van der Waals surface area contributed by atoms with Crippen molar-refractivity contribution in [3.63, 3.8) is 0 Å². The molecule has 1 aliphatic rings. The predicted molar refractivity (Wildman–Crippen MR) is 74.1 cm³/mol. The van der Waals surface area contributed by atoms with Crippen LogP contribution >= 0.6 is 0 Å². The van der Waals surface area contributed by atoms with Gasteiger partial charge in [0.2, 0.25) is 0 Å². The lowest BCUT2D eigenvalue weighted by Gasteiger charge is -2.26. The molecule has 0 bridgehead atoms. The van der Waals surface area contributed by atoms with Crippen LogP contribution in [-0.4, -0.2) is 38.6 Å². The molecule has 1 saturated heterocycles. The molecule has 0 radical (unpaired) electrons. The number of nitrogen functional groups attached to an aromatic ring is 1. The third-order valence-corrected chi connectivity index (χ3v) is 4.37. The van der Waals surface area contributed by atoms with Gasteiger partial charge < -0.3 is 5.43 Å². The largest absolute Gasteiger partial charge is 0.318 e. The molecule has 3 N–H and O–H groups in total. The molecule has 0 aliphatic carbocycles. The monoisotopic (exact) mass is 284 g/mol. The van der Waals surface area contributed by atoms with E-state index < -0.39 is 15.7 Å². The van der Waals surface area contributed by atoms with Crippen molar-refractivity contribution in [2.75, 3.05) is 30.0 Å². The topological polar surface area (TPSA) is 102 Å². The van der Waals surface area contributed by atoms with Crippen LogP contribution in [0.2, 0.25) is 0 Å². The van der Waals surface area contributed by atoms with E-state index in [1.165, 1.54) is 6.07 Å². The molecule has 1 aromatic rings. The Morgan fingerprint density at radius 2 is 2.11 bits per heavy atom. The molecular weight excluding hydrogens is 268 g/mol. The molecule has 8 heteroatoms. The fourth-order valence-electron chi connectivity index (χ4n) is 2.04. The Kier molecular flexibility index (Phi) is 4.46. The van der Waals surface area contributed by atoms with Crippen LogP contribution in [0.15, 0.2) is 18.2 Å². The van der Waals surface area contributed by atoms with Gasteiger partial charge in [0, 0.05) is 48.0 Å². The predicted octanol–water partition coefficient (Wildman–Crippen LogP) is 0.445. The van der Waals surface area contributed by atoms with Crippen molar-refractivity contribution >= 4 is 22.2 Å². The molecule has 1 aliphatic heterocycles. The number of nitro benzene ring substituents is 1. The van der Waals surface area contributed by atoms with Crippen LogP contribution in [0, 0.1) is 10.1 Å². The van der Waals surface area contributed by atoms with E-state index in [1.807, 2.05) is 6.07 Å². The van der Waals surface area contributed by atoms with Gasteiger partial charge in [-0.1, -0.05) is 6.07 Å². The smallest absolute Gasteiger partial charge is 0.293 e. The van der Waals surface area contributed by atoms with Crippen LogP contribution in [0.4, 0.5) is 11.4 Å². The molecule has 0 unspecified atom stereocenters. The van der Waals surface area contributed by atoms with Gasteiger partial charge in [-0.15, -0.1) is 0 Å². The number of nitrogens with two attached hydrogens (primary N) is 1. The van der Waals surface area contributed by atoms with Gasteiger partial charge in [0.05, 0.1) is 4.92 Å². The first-order valence-corrected chi connectivity index (χ1v) is 7.40. The zero-order valence-corrected chi connectivity index (χ0v) is 11.2. The summed E-state index contributed by atoms with van der Waals surface area (Å²) >= 11 is 0. The van der Waals surface area contributed by atoms with E-state index in [1.54, 1.807) is 6.07 Å². The van der Waals surface area contributed by atoms with Crippen LogP contribution in [0.5, 0.6) is 0 Å². The van der Waals surface area contributed by atoms with E-state index in [0.29, 0.717) is 23.7 Å². The van der Waals surface area contributed by atoms with E-state index >= 15 is 0 Å². The van der Waals surface area contributed by atoms with Crippen molar-refractivity contribution in [2.24, 2.45) is 5.84 Å². The van der Waals surface area contributed by atoms with Crippen molar-refractivity contribution in [1.82, 2.24) is 4.90 Å². The van der Waals surface area contributed by atoms with E-state index in [-0.39, 0.29) is 5.69 Å². The van der Waals surface area contributed by atoms with Crippen LogP contribution < -0.4 is 11.3 Å². The Hall–Kier alpha value is -1.51. The van der Waals surface area contributed by atoms with Crippen molar-refractivity contribution in [3.05, 3.63) is 33.9 Å². The number of hydrogen-bond donors (Lipinski definition) is 2. The molecule has 1 aromatic carbocycles. The lowest BCUT2D eigenvalue weighted by Crippen LogP contribution is -2.37. The molecule has 19 heavy (non-hydrogen) atoms. The summed E-state index contributed by atoms with van der Waals surface area (Å²) in [5, 5.41) is 10.9. The van der Waals surface area contributed by atoms with E-state index in [9.17, 15) is 14.3 Å². The van der Waals surface area contributed by atoms with Gasteiger partial charge in [-0.25, -0.2) is 0 Å². The van der Waals surface area contributed by atoms with Crippen LogP contribution in [0.3, 0.4) is 0 Å². The molecule has 0 atom stereocenters. The zero-order valence-electron chi connectivity index (χ0n) is 10.4. The Morgan fingerprint density at radius 3 is 2.68 bits per heavy atom. The first kappa shape index (κ1) is 13.9. The van der Waals surface area contributed by atoms with Crippen molar-refractivity contribution in [3.8, 4) is 0 Å². The molecule has 0 aromatic heterocycles. The zero-order chi connectivity index (χ0) is 13.8. The number of nitro groups is 1. The number of benzene rings is 1. The maximum Gasteiger partial charge on any atom is 0.293 e. The molecule has 7 nitrogen and oxygen atoms in total. The average Bonchev–Trinajstić information content (AvgIpc) is 2.41. The first-order valence-electron chi connectivity index (χ1n) is 5.91. The molecule has 0 amide bonds. The number of rotatable bonds is 4. The van der Waals surface area contributed by atoms with Gasteiger partial charge in [0.15, 0.2) is 0 Å². The van der Waals surface area contributed by atoms with Crippen molar-refractivity contribution in [1.29, 1.82) is 0 Å². The van der Waals surface area contributed by atoms with Gasteiger partial charge >= 0.3 is 0 Å². The summed E-state index contributed by atoms with van der Waals surface area (Å²) in [7, 11) is -0.712. The molecule has 2 rings (SSSR count). The summed E-state index contributed by atoms with van der Waals surface area (Å²) < 4.78 is 11.3. The number of hydrazine groups is 1. The summed E-state index contributed by atoms with van der Waals surface area (Å²) in [6, 6.07) is 4.95. The summed E-state index contributed by atoms with van der Waals surface area (Å²) in [6.07, 6.45) is 0. The third-order valence-electron chi connectivity index (χ3n) is 3.09. The molecule has 104 valence electrons. The SMILES string of the molecule is NNc1ccc(CN2CCS(=O)CC2)cc1[N+](=O)[O-]. The molecule has 0 saturated carbocycles. The fourth-order valence-corrected chi connectivity index (χ4v) is 3.17. The maximum atomic E-state index is 11.3. The second-order valence-corrected chi connectivity index (χ2v) is 6.07. The fraction of sp³-hybridized carbons (Fsp3) is 0.455. The summed E-state index contributed by atoms with van der Waals surface area (Å²) in [5.74, 6) is 6.58. The minimum absolute atomic E-state index is 0.0272. The highest BCUT2D eigenvalue weighted by molar-refractivity contribution is 7.85. The Balaban J connectivity index is 2.10. The normalized spacial score (nSPS) is 17.3. The van der Waals surface area contributed by atoms with Crippen LogP contribution in [0.25, 0.3) is 0 Å². The highest BCUT2D eigenvalue weighted by Crippen LogP contribution is 2.25. The Bertz CT molecular complexity index is 499. The van der Waals surface area contributed by atoms with Gasteiger partial charge in [0.1, 0.15) is 5.69 Å². The van der Waals surface area contributed by atoms with Crippen LogP contribution in [-0.2, 0) is 17.3 Å². The lowest BCUT2D eigenvalue weighted by atomic mass is 10.1. The second kappa shape index (κ2) is 6.09. The van der Waals surface area contributed by atoms with Crippen LogP contribution in [0.1, 0.15) is 5.56 Å². The van der Waals surface area contributed by atoms with Gasteiger partial charge in [-0.2, -0.15) is 0 Å². The molecule has 1 heterocycles. The van der Waals surface area contributed by atoms with Gasteiger partial charge in [-0.3, -0.25) is 25.1 Å². The summed E-state index contributed by atoms with van der Waals surface area (Å²) in [5.41, 5.74) is 3.45. The Labute approximate surface area is 113 Å². The molecular formula is C11H16N4O3S. The van der Waals surface area contributed by atoms with E-state index in [0.717, 1.165) is 18.7 Å². The number of nitrogens with zero attached hydrogens (tertiary/aromatic N) is 2. The average molecular weight is 284 g/mol. The number of hydrogen-bond acceptors (Lipinski definition) is 6. The van der Waals surface area contributed by atoms with E-state index in [4.69, 9.17) is 5.84 Å². The second-order valence-electron chi connectivity index (χ2n) is 4.38. The summed E-state index contributed by atoms with van der Waals surface area (Å²) in [6.45, 7) is 2.15. The summed E-state index contributed by atoms with van der Waals surface area (Å²) in [4.78, 5) is 12.6. The standard InChI is InChI=1S/C11H16N4O3S/c12-13-10-2-1-9(7-11(10)15(16)17)8-14-3-5-19(18)6-4-14/h1-2,7,13H,3-6,8,12H2. The van der Waals surface area contributed by atoms with Crippen molar-refractivity contribution in [2.45, 2.75) is 6.54 Å². The number of anilines is 1. The highest BCUT2D eigenvalue weighted by Gasteiger charge is 2.18. The molecule has 1 fully saturated rings. The highest BCUT2D eigenvalue weighted by atomic mass is 32.2. The minimum atomic E-state index is -0.712. The minimum Gasteiger partial charge on any atom is -0.318 e. The Morgan fingerprint density at radius 1 is 1.42 bits per heavy atom. The van der Waals surface area contributed by atoms with Gasteiger partial charge in [0.25, 0.3) is 5.69 Å². The molecule has 0 spiro atoms. The quantitative estimate of drug-likeness (QED) is 0.473. The third kappa shape index (κ3) is 3.49. The van der Waals surface area contributed by atoms with E-state index in [2.05, 4.69) is 10.3 Å². The first-order chi connectivity index (χ1) is 9.10. The maximum absolute atomic E-state index is 11.3. The van der Waals surface area contributed by atoms with Gasteiger partial charge in [-0.05, 0) is 11.6 Å². The lowest BCUT2D eigenvalue weighted by molar-refractivity contribution is -0.384. The number of nitrogens with one attached hydrogen (secondary N) is 1. The van der Waals surface area contributed by atoms with Crippen molar-refractivity contribution < 1.29 is 9.13 Å².